The second kappa shape index (κ2) is 10.9. The molecule has 1 aliphatic carbocycles. The molecule has 0 atom stereocenters. The number of unbranched alkanes of at least 4 members (excludes halogenated alkanes) is 1. The molecule has 6 nitrogen and oxygen atoms in total. The van der Waals surface area contributed by atoms with Gasteiger partial charge in [0.15, 0.2) is 0 Å². The van der Waals surface area contributed by atoms with E-state index in [-0.39, 0.29) is 5.91 Å². The molecule has 0 unspecified atom stereocenters. The van der Waals surface area contributed by atoms with Crippen LogP contribution in [0.3, 0.4) is 0 Å². The first kappa shape index (κ1) is 24.1. The first-order valence-electron chi connectivity index (χ1n) is 12.7. The number of pyridine rings is 1. The van der Waals surface area contributed by atoms with Crippen molar-refractivity contribution in [2.75, 3.05) is 37.7 Å². The number of aromatic nitrogens is 1. The van der Waals surface area contributed by atoms with Crippen molar-refractivity contribution >= 4 is 11.7 Å². The summed E-state index contributed by atoms with van der Waals surface area (Å²) >= 11 is 0. The molecule has 180 valence electrons. The number of ether oxygens (including phenoxy) is 1. The molecule has 0 saturated carbocycles. The molecule has 1 saturated heterocycles. The topological polar surface area (TPSA) is 69.5 Å². The fraction of sp³-hybridized carbons (Fsp3) is 0.536. The quantitative estimate of drug-likeness (QED) is 0.530. The van der Waals surface area contributed by atoms with E-state index >= 15 is 0 Å². The number of rotatable bonds is 8. The molecule has 2 heterocycles. The van der Waals surface area contributed by atoms with Crippen molar-refractivity contribution in [3.8, 4) is 11.8 Å². The van der Waals surface area contributed by atoms with Crippen LogP contribution in [-0.4, -0.2) is 48.6 Å². The number of hydrogen-bond donors (Lipinski definition) is 0. The maximum absolute atomic E-state index is 13.1. The van der Waals surface area contributed by atoms with Crippen molar-refractivity contribution in [1.29, 1.82) is 5.26 Å². The summed E-state index contributed by atoms with van der Waals surface area (Å²) in [5.41, 5.74) is 5.12. The summed E-state index contributed by atoms with van der Waals surface area (Å²) in [4.78, 5) is 22.2. The zero-order chi connectivity index (χ0) is 24.1. The van der Waals surface area contributed by atoms with Gasteiger partial charge < -0.3 is 14.5 Å². The zero-order valence-corrected chi connectivity index (χ0v) is 20.8. The van der Waals surface area contributed by atoms with Crippen LogP contribution in [0.15, 0.2) is 24.3 Å². The van der Waals surface area contributed by atoms with Gasteiger partial charge in [-0.1, -0.05) is 27.2 Å². The molecule has 0 N–H and O–H groups in total. The number of nitriles is 1. The molecule has 1 aromatic carbocycles. The van der Waals surface area contributed by atoms with E-state index in [2.05, 4.69) is 31.7 Å². The number of anilines is 1. The standard InChI is InChI=1S/C28H36N4O2/c1-4-5-17-34-22-11-9-21(10-12-22)28(33)32-15-13-31(14-16-32)27-25(19-29)23-7-6-8-24(23)26(30-27)18-20(2)3/h9-12,20H,4-8,13-18H2,1-3H3. The molecular weight excluding hydrogens is 424 g/mol. The van der Waals surface area contributed by atoms with Crippen molar-refractivity contribution < 1.29 is 9.53 Å². The van der Waals surface area contributed by atoms with E-state index in [4.69, 9.17) is 9.72 Å². The SMILES string of the molecule is CCCCOc1ccc(C(=O)N2CCN(c3nc(CC(C)C)c4c(c3C#N)CCC4)CC2)cc1. The van der Waals surface area contributed by atoms with E-state index in [1.807, 2.05) is 29.2 Å². The summed E-state index contributed by atoms with van der Waals surface area (Å²) in [7, 11) is 0. The number of amides is 1. The first-order chi connectivity index (χ1) is 16.5. The van der Waals surface area contributed by atoms with Crippen LogP contribution in [0.5, 0.6) is 5.75 Å². The summed E-state index contributed by atoms with van der Waals surface area (Å²) in [6.45, 7) is 9.89. The fourth-order valence-electron chi connectivity index (χ4n) is 4.96. The molecule has 6 heteroatoms. The lowest BCUT2D eigenvalue weighted by molar-refractivity contribution is 0.0746. The van der Waals surface area contributed by atoms with Gasteiger partial charge >= 0.3 is 0 Å². The minimum Gasteiger partial charge on any atom is -0.494 e. The fourth-order valence-corrected chi connectivity index (χ4v) is 4.96. The molecule has 0 radical (unpaired) electrons. The highest BCUT2D eigenvalue weighted by atomic mass is 16.5. The Balaban J connectivity index is 1.45. The number of hydrogen-bond acceptors (Lipinski definition) is 5. The number of carbonyl (C=O) groups excluding carboxylic acids is 1. The Hall–Kier alpha value is -3.07. The third-order valence-corrected chi connectivity index (χ3v) is 6.78. The van der Waals surface area contributed by atoms with Crippen LogP contribution in [0, 0.1) is 17.2 Å². The Labute approximate surface area is 203 Å². The van der Waals surface area contributed by atoms with Crippen molar-refractivity contribution in [2.24, 2.45) is 5.92 Å². The highest BCUT2D eigenvalue weighted by Crippen LogP contribution is 2.34. The Morgan fingerprint density at radius 3 is 2.47 bits per heavy atom. The molecule has 2 aliphatic rings. The van der Waals surface area contributed by atoms with Crippen molar-refractivity contribution in [2.45, 2.75) is 59.3 Å². The van der Waals surface area contributed by atoms with E-state index in [1.54, 1.807) is 0 Å². The number of nitrogens with zero attached hydrogens (tertiary/aromatic N) is 4. The predicted molar refractivity (Wildman–Crippen MR) is 134 cm³/mol. The van der Waals surface area contributed by atoms with Gasteiger partial charge in [0, 0.05) is 37.4 Å². The van der Waals surface area contributed by atoms with E-state index in [9.17, 15) is 10.1 Å². The number of carbonyl (C=O) groups is 1. The zero-order valence-electron chi connectivity index (χ0n) is 20.8. The van der Waals surface area contributed by atoms with Crippen molar-refractivity contribution in [3.63, 3.8) is 0 Å². The summed E-state index contributed by atoms with van der Waals surface area (Å²) < 4.78 is 5.71. The molecule has 1 aromatic heterocycles. The lowest BCUT2D eigenvalue weighted by atomic mass is 9.97. The van der Waals surface area contributed by atoms with Gasteiger partial charge in [0.2, 0.25) is 0 Å². The van der Waals surface area contributed by atoms with Crippen LogP contribution in [0.2, 0.25) is 0 Å². The number of benzene rings is 1. The molecule has 2 aromatic rings. The van der Waals surface area contributed by atoms with E-state index in [1.165, 1.54) is 11.1 Å². The Bertz CT molecular complexity index is 1050. The largest absolute Gasteiger partial charge is 0.494 e. The average Bonchev–Trinajstić information content (AvgIpc) is 3.34. The van der Waals surface area contributed by atoms with Crippen LogP contribution in [0.25, 0.3) is 0 Å². The molecular formula is C28H36N4O2. The van der Waals surface area contributed by atoms with Crippen LogP contribution in [0.4, 0.5) is 5.82 Å². The molecule has 1 fully saturated rings. The van der Waals surface area contributed by atoms with Gasteiger partial charge in [0.05, 0.1) is 12.2 Å². The minimum absolute atomic E-state index is 0.0441. The Morgan fingerprint density at radius 1 is 1.12 bits per heavy atom. The second-order valence-electron chi connectivity index (χ2n) is 9.78. The van der Waals surface area contributed by atoms with E-state index < -0.39 is 0 Å². The van der Waals surface area contributed by atoms with Crippen molar-refractivity contribution in [3.05, 3.63) is 52.2 Å². The van der Waals surface area contributed by atoms with Crippen molar-refractivity contribution in [1.82, 2.24) is 9.88 Å². The Kier molecular flexibility index (Phi) is 7.72. The summed E-state index contributed by atoms with van der Waals surface area (Å²) in [5.74, 6) is 2.19. The van der Waals surface area contributed by atoms with Gasteiger partial charge in [-0.3, -0.25) is 4.79 Å². The molecule has 34 heavy (non-hydrogen) atoms. The highest BCUT2D eigenvalue weighted by molar-refractivity contribution is 5.94. The minimum atomic E-state index is 0.0441. The smallest absolute Gasteiger partial charge is 0.253 e. The van der Waals surface area contributed by atoms with E-state index in [0.29, 0.717) is 44.3 Å². The first-order valence-corrected chi connectivity index (χ1v) is 12.7. The third-order valence-electron chi connectivity index (χ3n) is 6.78. The summed E-state index contributed by atoms with van der Waals surface area (Å²) in [5, 5.41) is 9.97. The van der Waals surface area contributed by atoms with Crippen LogP contribution in [0.1, 0.15) is 72.8 Å². The predicted octanol–water partition coefficient (Wildman–Crippen LogP) is 4.78. The molecule has 1 amide bonds. The van der Waals surface area contributed by atoms with E-state index in [0.717, 1.165) is 61.3 Å². The average molecular weight is 461 g/mol. The number of fused-ring (bicyclic) bond motifs is 1. The summed E-state index contributed by atoms with van der Waals surface area (Å²) in [6, 6.07) is 9.92. The lowest BCUT2D eigenvalue weighted by Crippen LogP contribution is -2.49. The van der Waals surface area contributed by atoms with Crippen LogP contribution >= 0.6 is 0 Å². The molecule has 4 rings (SSSR count). The van der Waals surface area contributed by atoms with Gasteiger partial charge in [-0.25, -0.2) is 4.98 Å². The maximum Gasteiger partial charge on any atom is 0.253 e. The second-order valence-corrected chi connectivity index (χ2v) is 9.78. The monoisotopic (exact) mass is 460 g/mol. The molecule has 0 spiro atoms. The van der Waals surface area contributed by atoms with Crippen LogP contribution in [-0.2, 0) is 19.3 Å². The van der Waals surface area contributed by atoms with Gasteiger partial charge in [0.1, 0.15) is 17.6 Å². The molecule has 0 bridgehead atoms. The normalized spacial score (nSPS) is 15.4. The molecule has 1 aliphatic heterocycles. The van der Waals surface area contributed by atoms with Gasteiger partial charge in [-0.2, -0.15) is 5.26 Å². The third kappa shape index (κ3) is 5.19. The maximum atomic E-state index is 13.1. The Morgan fingerprint density at radius 2 is 1.82 bits per heavy atom. The van der Waals surface area contributed by atoms with Crippen LogP contribution < -0.4 is 9.64 Å². The van der Waals surface area contributed by atoms with Gasteiger partial charge in [0.25, 0.3) is 5.91 Å². The summed E-state index contributed by atoms with van der Waals surface area (Å²) in [6.07, 6.45) is 6.16. The lowest BCUT2D eigenvalue weighted by Gasteiger charge is -2.36. The highest BCUT2D eigenvalue weighted by Gasteiger charge is 2.29. The van der Waals surface area contributed by atoms with Gasteiger partial charge in [-0.05, 0) is 73.4 Å². The number of piperazine rings is 1. The van der Waals surface area contributed by atoms with Gasteiger partial charge in [-0.15, -0.1) is 0 Å².